The van der Waals surface area contributed by atoms with E-state index in [1.54, 1.807) is 6.07 Å². The molecule has 1 aromatic carbocycles. The molecule has 2 N–H and O–H groups in total. The van der Waals surface area contributed by atoms with Gasteiger partial charge in [-0.05, 0) is 11.6 Å². The lowest BCUT2D eigenvalue weighted by molar-refractivity contribution is -0.173. The Labute approximate surface area is 160 Å². The number of benzene rings is 1. The number of alkyl halides is 3. The number of hydrogen-bond donors (Lipinski definition) is 2. The monoisotopic (exact) mass is 409 g/mol. The van der Waals surface area contributed by atoms with Gasteiger partial charge in [-0.3, -0.25) is 4.90 Å². The fourth-order valence-corrected chi connectivity index (χ4v) is 3.01. The molecule has 0 aliphatic carbocycles. The molecule has 1 saturated heterocycles. The Kier molecular flexibility index (Phi) is 8.62. The van der Waals surface area contributed by atoms with Gasteiger partial charge in [-0.25, -0.2) is 4.79 Å². The van der Waals surface area contributed by atoms with E-state index in [-0.39, 0.29) is 19.2 Å². The second kappa shape index (κ2) is 10.7. The number of hydrogen-bond acceptors (Lipinski definition) is 4. The highest BCUT2D eigenvalue weighted by Gasteiger charge is 2.27. The number of morpholine rings is 1. The van der Waals surface area contributed by atoms with Crippen LogP contribution in [0, 0.1) is 0 Å². The maximum Gasteiger partial charge on any atom is 0.411 e. The highest BCUT2D eigenvalue weighted by atomic mass is 35.5. The number of ether oxygens (including phenoxy) is 2. The van der Waals surface area contributed by atoms with Crippen LogP contribution in [0.3, 0.4) is 0 Å². The highest BCUT2D eigenvalue weighted by Crippen LogP contribution is 2.27. The number of carbonyl (C=O) groups is 1. The van der Waals surface area contributed by atoms with Crippen LogP contribution in [0.4, 0.5) is 18.0 Å². The van der Waals surface area contributed by atoms with E-state index in [0.29, 0.717) is 37.9 Å². The molecule has 10 heteroatoms. The zero-order chi connectivity index (χ0) is 19.7. The Morgan fingerprint density at radius 1 is 1.26 bits per heavy atom. The van der Waals surface area contributed by atoms with Crippen LogP contribution < -0.4 is 10.6 Å². The normalized spacial score (nSPS) is 16.7. The fraction of sp³-hybridized carbons (Fsp3) is 0.588. The standard InChI is InChI=1S/C17H23ClF3N3O3/c18-14-4-2-1-3-13(14)15(24-6-9-26-10-7-24)11-23-16(25)22-5-8-27-12-17(19,20)21/h1-4,15H,5-12H2,(H2,22,23,25). The molecule has 0 radical (unpaired) electrons. The lowest BCUT2D eigenvalue weighted by Crippen LogP contribution is -2.46. The van der Waals surface area contributed by atoms with Crippen LogP contribution in [0.2, 0.25) is 5.02 Å². The molecule has 152 valence electrons. The van der Waals surface area contributed by atoms with Crippen molar-refractivity contribution < 1.29 is 27.4 Å². The molecular weight excluding hydrogens is 387 g/mol. The average Bonchev–Trinajstić information content (AvgIpc) is 2.63. The second-order valence-electron chi connectivity index (χ2n) is 5.99. The molecule has 1 heterocycles. The zero-order valence-corrected chi connectivity index (χ0v) is 15.5. The van der Waals surface area contributed by atoms with Crippen molar-refractivity contribution in [3.05, 3.63) is 34.9 Å². The first-order valence-corrected chi connectivity index (χ1v) is 8.97. The molecule has 1 fully saturated rings. The SMILES string of the molecule is O=C(NCCOCC(F)(F)F)NCC(c1ccccc1Cl)N1CCOCC1. The summed E-state index contributed by atoms with van der Waals surface area (Å²) in [5.41, 5.74) is 0.898. The number of nitrogens with one attached hydrogen (secondary N) is 2. The van der Waals surface area contributed by atoms with Gasteiger partial charge in [-0.2, -0.15) is 13.2 Å². The topological polar surface area (TPSA) is 62.8 Å². The van der Waals surface area contributed by atoms with Crippen molar-refractivity contribution in [3.8, 4) is 0 Å². The van der Waals surface area contributed by atoms with Gasteiger partial charge in [0.15, 0.2) is 0 Å². The van der Waals surface area contributed by atoms with E-state index in [0.717, 1.165) is 5.56 Å². The molecule has 0 aromatic heterocycles. The summed E-state index contributed by atoms with van der Waals surface area (Å²) in [6, 6.07) is 6.82. The highest BCUT2D eigenvalue weighted by molar-refractivity contribution is 6.31. The molecule has 0 bridgehead atoms. The third-order valence-corrected chi connectivity index (χ3v) is 4.35. The van der Waals surface area contributed by atoms with Crippen molar-refractivity contribution in [3.63, 3.8) is 0 Å². The van der Waals surface area contributed by atoms with Gasteiger partial charge in [-0.15, -0.1) is 0 Å². The third-order valence-electron chi connectivity index (χ3n) is 4.00. The summed E-state index contributed by atoms with van der Waals surface area (Å²) < 4.78 is 45.7. The van der Waals surface area contributed by atoms with Crippen molar-refractivity contribution in [1.82, 2.24) is 15.5 Å². The quantitative estimate of drug-likeness (QED) is 0.648. The molecule has 1 aromatic rings. The number of rotatable bonds is 8. The Morgan fingerprint density at radius 2 is 1.96 bits per heavy atom. The van der Waals surface area contributed by atoms with Gasteiger partial charge < -0.3 is 20.1 Å². The van der Waals surface area contributed by atoms with Gasteiger partial charge in [0.1, 0.15) is 6.61 Å². The van der Waals surface area contributed by atoms with E-state index in [9.17, 15) is 18.0 Å². The minimum Gasteiger partial charge on any atom is -0.379 e. The largest absolute Gasteiger partial charge is 0.411 e. The van der Waals surface area contributed by atoms with Gasteiger partial charge in [0.2, 0.25) is 0 Å². The molecule has 1 aliphatic heterocycles. The molecule has 1 aliphatic rings. The van der Waals surface area contributed by atoms with Gasteiger partial charge in [0.25, 0.3) is 0 Å². The van der Waals surface area contributed by atoms with Crippen LogP contribution in [-0.2, 0) is 9.47 Å². The molecular formula is C17H23ClF3N3O3. The van der Waals surface area contributed by atoms with Crippen LogP contribution in [-0.4, -0.2) is 69.7 Å². The van der Waals surface area contributed by atoms with Crippen LogP contribution in [0.5, 0.6) is 0 Å². The minimum atomic E-state index is -4.37. The first kappa shape index (κ1) is 21.7. The molecule has 0 saturated carbocycles. The number of nitrogens with zero attached hydrogens (tertiary/aromatic N) is 1. The molecule has 2 rings (SSSR count). The fourth-order valence-electron chi connectivity index (χ4n) is 2.75. The Bertz CT molecular complexity index is 598. The van der Waals surface area contributed by atoms with Gasteiger partial charge in [-0.1, -0.05) is 29.8 Å². The smallest absolute Gasteiger partial charge is 0.379 e. The average molecular weight is 410 g/mol. The van der Waals surface area contributed by atoms with E-state index in [1.807, 2.05) is 18.2 Å². The van der Waals surface area contributed by atoms with E-state index >= 15 is 0 Å². The van der Waals surface area contributed by atoms with Crippen LogP contribution in [0.1, 0.15) is 11.6 Å². The van der Waals surface area contributed by atoms with E-state index in [2.05, 4.69) is 20.3 Å². The van der Waals surface area contributed by atoms with Crippen molar-refractivity contribution >= 4 is 17.6 Å². The number of carbonyl (C=O) groups excluding carboxylic acids is 1. The van der Waals surface area contributed by atoms with Crippen molar-refractivity contribution in [2.75, 3.05) is 52.6 Å². The van der Waals surface area contributed by atoms with Crippen LogP contribution >= 0.6 is 11.6 Å². The molecule has 27 heavy (non-hydrogen) atoms. The van der Waals surface area contributed by atoms with Crippen molar-refractivity contribution in [2.24, 2.45) is 0 Å². The molecule has 1 unspecified atom stereocenters. The van der Waals surface area contributed by atoms with Crippen LogP contribution in [0.25, 0.3) is 0 Å². The summed E-state index contributed by atoms with van der Waals surface area (Å²) in [7, 11) is 0. The predicted octanol–water partition coefficient (Wildman–Crippen LogP) is 2.59. The van der Waals surface area contributed by atoms with E-state index < -0.39 is 18.8 Å². The first-order chi connectivity index (χ1) is 12.9. The Hall–Kier alpha value is -1.55. The van der Waals surface area contributed by atoms with E-state index in [1.165, 1.54) is 0 Å². The third kappa shape index (κ3) is 7.92. The molecule has 6 nitrogen and oxygen atoms in total. The summed E-state index contributed by atoms with van der Waals surface area (Å²) in [5.74, 6) is 0. The van der Waals surface area contributed by atoms with Gasteiger partial charge in [0, 0.05) is 31.2 Å². The summed E-state index contributed by atoms with van der Waals surface area (Å²) in [6.45, 7) is 1.36. The Balaban J connectivity index is 1.83. The Morgan fingerprint density at radius 3 is 2.63 bits per heavy atom. The summed E-state index contributed by atoms with van der Waals surface area (Å²) >= 11 is 6.31. The molecule has 2 amide bonds. The molecule has 0 spiro atoms. The van der Waals surface area contributed by atoms with Crippen molar-refractivity contribution in [1.29, 1.82) is 0 Å². The summed E-state index contributed by atoms with van der Waals surface area (Å²) in [5, 5.41) is 5.83. The summed E-state index contributed by atoms with van der Waals surface area (Å²) in [6.07, 6.45) is -4.37. The number of amides is 2. The zero-order valence-electron chi connectivity index (χ0n) is 14.7. The van der Waals surface area contributed by atoms with E-state index in [4.69, 9.17) is 16.3 Å². The van der Waals surface area contributed by atoms with Gasteiger partial charge in [0.05, 0.1) is 25.9 Å². The molecule has 1 atom stereocenters. The lowest BCUT2D eigenvalue weighted by atomic mass is 10.0. The number of halogens is 4. The number of urea groups is 1. The summed E-state index contributed by atoms with van der Waals surface area (Å²) in [4.78, 5) is 14.1. The van der Waals surface area contributed by atoms with Crippen LogP contribution in [0.15, 0.2) is 24.3 Å². The maximum atomic E-state index is 12.0. The second-order valence-corrected chi connectivity index (χ2v) is 6.40. The predicted molar refractivity (Wildman–Crippen MR) is 94.9 cm³/mol. The first-order valence-electron chi connectivity index (χ1n) is 8.59. The van der Waals surface area contributed by atoms with Gasteiger partial charge >= 0.3 is 12.2 Å². The van der Waals surface area contributed by atoms with Crippen molar-refractivity contribution in [2.45, 2.75) is 12.2 Å². The maximum absolute atomic E-state index is 12.0. The lowest BCUT2D eigenvalue weighted by Gasteiger charge is -2.35. The minimum absolute atomic E-state index is 0.0176.